The van der Waals surface area contributed by atoms with Gasteiger partial charge in [0.15, 0.2) is 0 Å². The average Bonchev–Trinajstić information content (AvgIpc) is 2.30. The second kappa shape index (κ2) is 7.31. The summed E-state index contributed by atoms with van der Waals surface area (Å²) in [4.78, 5) is 0. The molecule has 1 atom stereocenters. The van der Waals surface area contributed by atoms with Crippen molar-refractivity contribution in [2.24, 2.45) is 11.8 Å². The number of alkyl halides is 2. The summed E-state index contributed by atoms with van der Waals surface area (Å²) in [5.41, 5.74) is 0.758. The van der Waals surface area contributed by atoms with Gasteiger partial charge in [-0.3, -0.25) is 0 Å². The lowest BCUT2D eigenvalue weighted by Gasteiger charge is -2.17. The third kappa shape index (κ3) is 5.00. The Bertz CT molecular complexity index is 355. The highest BCUT2D eigenvalue weighted by Crippen LogP contribution is 2.20. The number of halogens is 2. The van der Waals surface area contributed by atoms with Gasteiger partial charge in [0.05, 0.1) is 0 Å². The second-order valence-corrected chi connectivity index (χ2v) is 4.84. The van der Waals surface area contributed by atoms with Crippen LogP contribution in [0, 0.1) is 11.8 Å². The smallest absolute Gasteiger partial charge is 0.387 e. The summed E-state index contributed by atoms with van der Waals surface area (Å²) < 4.78 is 28.9. The van der Waals surface area contributed by atoms with Crippen LogP contribution in [-0.4, -0.2) is 13.2 Å². The third-order valence-electron chi connectivity index (χ3n) is 3.11. The lowest BCUT2D eigenvalue weighted by Crippen LogP contribution is -2.24. The normalized spacial score (nSPS) is 13.1. The number of benzene rings is 1. The molecule has 0 bridgehead atoms. The summed E-state index contributed by atoms with van der Waals surface area (Å²) in [6.07, 6.45) is 0. The predicted octanol–water partition coefficient (Wildman–Crippen LogP) is 3.67. The highest BCUT2D eigenvalue weighted by Gasteiger charge is 2.10. The third-order valence-corrected chi connectivity index (χ3v) is 3.11. The van der Waals surface area contributed by atoms with Crippen LogP contribution in [-0.2, 0) is 6.54 Å². The van der Waals surface area contributed by atoms with Crippen molar-refractivity contribution in [3.8, 4) is 5.75 Å². The first-order valence-electron chi connectivity index (χ1n) is 6.24. The Hall–Kier alpha value is -1.16. The van der Waals surface area contributed by atoms with Crippen molar-refractivity contribution in [2.75, 3.05) is 6.54 Å². The van der Waals surface area contributed by atoms with Gasteiger partial charge in [-0.2, -0.15) is 8.78 Å². The first-order valence-corrected chi connectivity index (χ1v) is 6.24. The van der Waals surface area contributed by atoms with Crippen molar-refractivity contribution in [3.05, 3.63) is 29.8 Å². The van der Waals surface area contributed by atoms with Crippen molar-refractivity contribution >= 4 is 0 Å². The van der Waals surface area contributed by atoms with Crippen molar-refractivity contribution in [1.29, 1.82) is 0 Å². The van der Waals surface area contributed by atoms with Crippen molar-refractivity contribution < 1.29 is 13.5 Å². The Morgan fingerprint density at radius 1 is 1.17 bits per heavy atom. The molecule has 0 aliphatic heterocycles. The first kappa shape index (κ1) is 14.9. The topological polar surface area (TPSA) is 21.3 Å². The molecule has 1 unspecified atom stereocenters. The maximum Gasteiger partial charge on any atom is 0.387 e. The van der Waals surface area contributed by atoms with E-state index >= 15 is 0 Å². The summed E-state index contributed by atoms with van der Waals surface area (Å²) >= 11 is 0. The lowest BCUT2D eigenvalue weighted by molar-refractivity contribution is -0.0505. The molecule has 0 aliphatic carbocycles. The molecule has 0 saturated heterocycles. The van der Waals surface area contributed by atoms with E-state index in [4.69, 9.17) is 0 Å². The van der Waals surface area contributed by atoms with Crippen LogP contribution in [0.2, 0.25) is 0 Å². The van der Waals surface area contributed by atoms with Gasteiger partial charge in [-0.25, -0.2) is 0 Å². The molecule has 0 spiro atoms. The fraction of sp³-hybridized carbons (Fsp3) is 0.571. The molecule has 1 rings (SSSR count). The predicted molar refractivity (Wildman–Crippen MR) is 68.8 cm³/mol. The second-order valence-electron chi connectivity index (χ2n) is 4.84. The van der Waals surface area contributed by atoms with Crippen LogP contribution in [0.1, 0.15) is 26.3 Å². The summed E-state index contributed by atoms with van der Waals surface area (Å²) in [7, 11) is 0. The molecule has 0 saturated carbocycles. The molecule has 0 aromatic heterocycles. The van der Waals surface area contributed by atoms with E-state index in [9.17, 15) is 8.78 Å². The number of nitrogens with one attached hydrogen (secondary N) is 1. The van der Waals surface area contributed by atoms with E-state index in [1.807, 2.05) is 6.07 Å². The van der Waals surface area contributed by atoms with Crippen LogP contribution in [0.4, 0.5) is 8.78 Å². The maximum absolute atomic E-state index is 12.2. The largest absolute Gasteiger partial charge is 0.434 e. The Balaban J connectivity index is 2.51. The van der Waals surface area contributed by atoms with Gasteiger partial charge in [-0.15, -0.1) is 0 Å². The Morgan fingerprint density at radius 3 is 2.44 bits per heavy atom. The zero-order valence-electron chi connectivity index (χ0n) is 11.1. The summed E-state index contributed by atoms with van der Waals surface area (Å²) in [5.74, 6) is 1.40. The molecule has 0 radical (unpaired) electrons. The van der Waals surface area contributed by atoms with Gasteiger partial charge in [0.25, 0.3) is 0 Å². The van der Waals surface area contributed by atoms with Crippen LogP contribution in [0.15, 0.2) is 24.3 Å². The van der Waals surface area contributed by atoms with E-state index in [-0.39, 0.29) is 5.75 Å². The number of hydrogen-bond donors (Lipinski definition) is 1. The molecular formula is C14H21F2NO. The highest BCUT2D eigenvalue weighted by molar-refractivity contribution is 5.33. The lowest BCUT2D eigenvalue weighted by atomic mass is 9.98. The van der Waals surface area contributed by atoms with Gasteiger partial charge in [0.2, 0.25) is 0 Å². The minimum absolute atomic E-state index is 0.247. The van der Waals surface area contributed by atoms with E-state index in [1.165, 1.54) is 0 Å². The van der Waals surface area contributed by atoms with Crippen LogP contribution in [0.25, 0.3) is 0 Å². The number of hydrogen-bond acceptors (Lipinski definition) is 2. The molecule has 18 heavy (non-hydrogen) atoms. The molecule has 1 aromatic rings. The number of ether oxygens (including phenoxy) is 1. The zero-order valence-corrected chi connectivity index (χ0v) is 11.1. The molecule has 0 heterocycles. The van der Waals surface area contributed by atoms with E-state index in [1.54, 1.807) is 18.2 Å². The Kier molecular flexibility index (Phi) is 6.05. The molecule has 102 valence electrons. The quantitative estimate of drug-likeness (QED) is 0.804. The Morgan fingerprint density at radius 2 is 1.83 bits per heavy atom. The molecule has 1 N–H and O–H groups in total. The fourth-order valence-electron chi connectivity index (χ4n) is 1.53. The zero-order chi connectivity index (χ0) is 13.5. The summed E-state index contributed by atoms with van der Waals surface area (Å²) in [6.45, 7) is 5.13. The van der Waals surface area contributed by atoms with E-state index in [0.29, 0.717) is 18.4 Å². The Labute approximate surface area is 107 Å². The minimum Gasteiger partial charge on any atom is -0.434 e. The van der Waals surface area contributed by atoms with Gasteiger partial charge in [0.1, 0.15) is 5.75 Å². The molecule has 0 fully saturated rings. The molecule has 0 aliphatic rings. The SMILES string of the molecule is CC(C)C(C)CNCc1ccccc1OC(F)F. The monoisotopic (exact) mass is 257 g/mol. The first-order chi connectivity index (χ1) is 8.50. The average molecular weight is 257 g/mol. The number of para-hydroxylation sites is 1. The van der Waals surface area contributed by atoms with E-state index in [2.05, 4.69) is 30.8 Å². The molecule has 2 nitrogen and oxygen atoms in total. The number of rotatable bonds is 7. The van der Waals surface area contributed by atoms with Crippen LogP contribution in [0.3, 0.4) is 0 Å². The minimum atomic E-state index is -2.78. The molecule has 4 heteroatoms. The van der Waals surface area contributed by atoms with Crippen molar-refractivity contribution in [3.63, 3.8) is 0 Å². The van der Waals surface area contributed by atoms with Gasteiger partial charge in [-0.1, -0.05) is 39.0 Å². The van der Waals surface area contributed by atoms with Gasteiger partial charge < -0.3 is 10.1 Å². The van der Waals surface area contributed by atoms with Gasteiger partial charge >= 0.3 is 6.61 Å². The van der Waals surface area contributed by atoms with Gasteiger partial charge in [-0.05, 0) is 24.4 Å². The maximum atomic E-state index is 12.2. The van der Waals surface area contributed by atoms with E-state index in [0.717, 1.165) is 12.1 Å². The van der Waals surface area contributed by atoms with Crippen LogP contribution >= 0.6 is 0 Å². The molecule has 1 aromatic carbocycles. The summed E-state index contributed by atoms with van der Waals surface area (Å²) in [5, 5.41) is 3.27. The standard InChI is InChI=1S/C14H21F2NO/c1-10(2)11(3)8-17-9-12-6-4-5-7-13(12)18-14(15)16/h4-7,10-11,14,17H,8-9H2,1-3H3. The molecule has 0 amide bonds. The van der Waals surface area contributed by atoms with Crippen LogP contribution in [0.5, 0.6) is 5.75 Å². The van der Waals surface area contributed by atoms with E-state index < -0.39 is 6.61 Å². The fourth-order valence-corrected chi connectivity index (χ4v) is 1.53. The van der Waals surface area contributed by atoms with Crippen molar-refractivity contribution in [1.82, 2.24) is 5.32 Å². The van der Waals surface area contributed by atoms with Crippen molar-refractivity contribution in [2.45, 2.75) is 33.9 Å². The van der Waals surface area contributed by atoms with Gasteiger partial charge in [0, 0.05) is 12.1 Å². The molecular weight excluding hydrogens is 236 g/mol. The van der Waals surface area contributed by atoms with Crippen LogP contribution < -0.4 is 10.1 Å². The highest BCUT2D eigenvalue weighted by atomic mass is 19.3. The summed E-state index contributed by atoms with van der Waals surface area (Å²) in [6, 6.07) is 6.87.